The van der Waals surface area contributed by atoms with Gasteiger partial charge >= 0.3 is 0 Å². The summed E-state index contributed by atoms with van der Waals surface area (Å²) in [5.74, 6) is -0.0289. The number of nitrogens with one attached hydrogen (secondary N) is 1. The molecule has 156 valence electrons. The van der Waals surface area contributed by atoms with E-state index >= 15 is 0 Å². The van der Waals surface area contributed by atoms with Crippen molar-refractivity contribution < 1.29 is 22.3 Å². The van der Waals surface area contributed by atoms with Crippen LogP contribution in [0.4, 0.5) is 4.39 Å². The number of nitrogens with zero attached hydrogens (tertiary/aromatic N) is 1. The zero-order valence-electron chi connectivity index (χ0n) is 16.3. The van der Waals surface area contributed by atoms with Gasteiger partial charge in [0.05, 0.1) is 11.5 Å². The Labute approximate surface area is 170 Å². The molecule has 6 nitrogen and oxygen atoms in total. The lowest BCUT2D eigenvalue weighted by atomic mass is 9.97. The summed E-state index contributed by atoms with van der Waals surface area (Å²) in [6.07, 6.45) is 0.928. The van der Waals surface area contributed by atoms with Crippen LogP contribution in [0.15, 0.2) is 53.4 Å². The van der Waals surface area contributed by atoms with Crippen molar-refractivity contribution in [1.82, 2.24) is 9.62 Å². The van der Waals surface area contributed by atoms with Crippen molar-refractivity contribution in [2.24, 2.45) is 5.92 Å². The number of hydrogen-bond donors (Lipinski definition) is 1. The van der Waals surface area contributed by atoms with Gasteiger partial charge in [-0.25, -0.2) is 12.8 Å². The number of ether oxygens (including phenoxy) is 1. The van der Waals surface area contributed by atoms with Crippen molar-refractivity contribution in [2.75, 3.05) is 19.7 Å². The number of hydrogen-bond acceptors (Lipinski definition) is 4. The van der Waals surface area contributed by atoms with Crippen molar-refractivity contribution in [3.8, 4) is 5.75 Å². The molecule has 1 amide bonds. The molecule has 3 rings (SSSR count). The molecule has 0 bridgehead atoms. The number of amides is 1. The average molecular weight is 421 g/mol. The monoisotopic (exact) mass is 420 g/mol. The molecule has 8 heteroatoms. The van der Waals surface area contributed by atoms with Crippen LogP contribution in [-0.2, 0) is 21.4 Å². The van der Waals surface area contributed by atoms with Gasteiger partial charge in [0.2, 0.25) is 15.9 Å². The first kappa shape index (κ1) is 21.3. The number of carbonyl (C=O) groups is 1. The Morgan fingerprint density at radius 1 is 1.10 bits per heavy atom. The van der Waals surface area contributed by atoms with Gasteiger partial charge in [-0.05, 0) is 61.7 Å². The van der Waals surface area contributed by atoms with E-state index in [0.29, 0.717) is 44.8 Å². The van der Waals surface area contributed by atoms with E-state index in [4.69, 9.17) is 4.74 Å². The van der Waals surface area contributed by atoms with Gasteiger partial charge < -0.3 is 10.1 Å². The lowest BCUT2D eigenvalue weighted by Gasteiger charge is -2.30. The molecule has 0 aliphatic carbocycles. The van der Waals surface area contributed by atoms with Crippen molar-refractivity contribution in [2.45, 2.75) is 31.2 Å². The van der Waals surface area contributed by atoms with E-state index in [9.17, 15) is 17.6 Å². The molecule has 2 aromatic carbocycles. The molecule has 1 saturated heterocycles. The SMILES string of the molecule is CCOc1ccc(S(=O)(=O)N2CCC(C(=O)NCc3ccc(F)cc3)CC2)cc1. The van der Waals surface area contributed by atoms with Gasteiger partial charge in [0.15, 0.2) is 0 Å². The summed E-state index contributed by atoms with van der Waals surface area (Å²) in [6, 6.07) is 12.3. The number of carbonyl (C=O) groups excluding carboxylic acids is 1. The molecule has 1 aliphatic rings. The molecule has 1 aliphatic heterocycles. The fourth-order valence-corrected chi connectivity index (χ4v) is 4.79. The molecular weight excluding hydrogens is 395 g/mol. The van der Waals surface area contributed by atoms with Crippen LogP contribution in [0.3, 0.4) is 0 Å². The van der Waals surface area contributed by atoms with Gasteiger partial charge in [0.25, 0.3) is 0 Å². The summed E-state index contributed by atoms with van der Waals surface area (Å²) in [6.45, 7) is 3.30. The number of sulfonamides is 1. The van der Waals surface area contributed by atoms with Crippen molar-refractivity contribution in [1.29, 1.82) is 0 Å². The third kappa shape index (κ3) is 5.33. The maximum absolute atomic E-state index is 12.9. The zero-order valence-corrected chi connectivity index (χ0v) is 17.1. The third-order valence-electron chi connectivity index (χ3n) is 4.98. The van der Waals surface area contributed by atoms with Gasteiger partial charge in [0, 0.05) is 25.6 Å². The summed E-state index contributed by atoms with van der Waals surface area (Å²) in [4.78, 5) is 12.6. The van der Waals surface area contributed by atoms with E-state index in [-0.39, 0.29) is 22.5 Å². The molecule has 0 unspecified atom stereocenters. The number of rotatable bonds is 7. The second kappa shape index (κ2) is 9.37. The second-order valence-corrected chi connectivity index (χ2v) is 8.86. The summed E-state index contributed by atoms with van der Waals surface area (Å²) >= 11 is 0. The van der Waals surface area contributed by atoms with E-state index < -0.39 is 10.0 Å². The molecular formula is C21H25FN2O4S. The summed E-state index contributed by atoms with van der Waals surface area (Å²) in [7, 11) is -3.59. The predicted molar refractivity (Wildman–Crippen MR) is 107 cm³/mol. The van der Waals surface area contributed by atoms with Crippen LogP contribution in [-0.4, -0.2) is 38.3 Å². The zero-order chi connectivity index (χ0) is 20.9. The van der Waals surface area contributed by atoms with Gasteiger partial charge in [0.1, 0.15) is 11.6 Å². The van der Waals surface area contributed by atoms with Crippen LogP contribution >= 0.6 is 0 Å². The Morgan fingerprint density at radius 3 is 2.31 bits per heavy atom. The number of halogens is 1. The Balaban J connectivity index is 1.53. The highest BCUT2D eigenvalue weighted by Gasteiger charge is 2.32. The van der Waals surface area contributed by atoms with Gasteiger partial charge in [-0.1, -0.05) is 12.1 Å². The molecule has 0 spiro atoms. The summed E-state index contributed by atoms with van der Waals surface area (Å²) in [5, 5.41) is 2.85. The number of piperidine rings is 1. The Hall–Kier alpha value is -2.45. The van der Waals surface area contributed by atoms with E-state index in [1.807, 2.05) is 6.92 Å². The maximum atomic E-state index is 12.9. The standard InChI is InChI=1S/C21H25FN2O4S/c1-2-28-19-7-9-20(10-8-19)29(26,27)24-13-11-17(12-14-24)21(25)23-15-16-3-5-18(22)6-4-16/h3-10,17H,2,11-15H2,1H3,(H,23,25). The highest BCUT2D eigenvalue weighted by Crippen LogP contribution is 2.25. The minimum Gasteiger partial charge on any atom is -0.494 e. The van der Waals surface area contributed by atoms with Crippen LogP contribution in [0, 0.1) is 11.7 Å². The van der Waals surface area contributed by atoms with E-state index in [0.717, 1.165) is 5.56 Å². The first-order chi connectivity index (χ1) is 13.9. The molecule has 2 aromatic rings. The summed E-state index contributed by atoms with van der Waals surface area (Å²) < 4.78 is 45.4. The fraction of sp³-hybridized carbons (Fsp3) is 0.381. The summed E-state index contributed by atoms with van der Waals surface area (Å²) in [5.41, 5.74) is 0.815. The smallest absolute Gasteiger partial charge is 0.243 e. The lowest BCUT2D eigenvalue weighted by molar-refractivity contribution is -0.126. The minimum atomic E-state index is -3.59. The molecule has 0 radical (unpaired) electrons. The van der Waals surface area contributed by atoms with E-state index in [2.05, 4.69) is 5.32 Å². The van der Waals surface area contributed by atoms with Gasteiger partial charge in [-0.15, -0.1) is 0 Å². The van der Waals surface area contributed by atoms with Gasteiger partial charge in [-0.3, -0.25) is 4.79 Å². The fourth-order valence-electron chi connectivity index (χ4n) is 3.32. The van der Waals surface area contributed by atoms with Crippen molar-refractivity contribution in [3.63, 3.8) is 0 Å². The van der Waals surface area contributed by atoms with Crippen LogP contribution in [0.5, 0.6) is 5.75 Å². The Morgan fingerprint density at radius 2 is 1.72 bits per heavy atom. The van der Waals surface area contributed by atoms with Crippen molar-refractivity contribution >= 4 is 15.9 Å². The van der Waals surface area contributed by atoms with Crippen LogP contribution < -0.4 is 10.1 Å². The van der Waals surface area contributed by atoms with Gasteiger partial charge in [-0.2, -0.15) is 4.31 Å². The first-order valence-corrected chi connectivity index (χ1v) is 11.1. The largest absolute Gasteiger partial charge is 0.494 e. The maximum Gasteiger partial charge on any atom is 0.243 e. The quantitative estimate of drug-likeness (QED) is 0.747. The minimum absolute atomic E-state index is 0.104. The Kier molecular flexibility index (Phi) is 6.87. The molecule has 0 aromatic heterocycles. The van der Waals surface area contributed by atoms with E-state index in [1.165, 1.54) is 16.4 Å². The van der Waals surface area contributed by atoms with Crippen LogP contribution in [0.1, 0.15) is 25.3 Å². The lowest BCUT2D eigenvalue weighted by Crippen LogP contribution is -2.42. The van der Waals surface area contributed by atoms with E-state index in [1.54, 1.807) is 36.4 Å². The predicted octanol–water partition coefficient (Wildman–Crippen LogP) is 2.94. The second-order valence-electron chi connectivity index (χ2n) is 6.93. The topological polar surface area (TPSA) is 75.7 Å². The molecule has 29 heavy (non-hydrogen) atoms. The molecule has 0 atom stereocenters. The highest BCUT2D eigenvalue weighted by molar-refractivity contribution is 7.89. The molecule has 1 heterocycles. The molecule has 0 saturated carbocycles. The Bertz CT molecular complexity index is 922. The third-order valence-corrected chi connectivity index (χ3v) is 6.89. The van der Waals surface area contributed by atoms with Crippen molar-refractivity contribution in [3.05, 3.63) is 59.9 Å². The first-order valence-electron chi connectivity index (χ1n) is 9.65. The molecule has 1 fully saturated rings. The highest BCUT2D eigenvalue weighted by atomic mass is 32.2. The van der Waals surface area contributed by atoms with Crippen LogP contribution in [0.25, 0.3) is 0 Å². The average Bonchev–Trinajstić information content (AvgIpc) is 2.74. The number of benzene rings is 2. The molecule has 1 N–H and O–H groups in total. The normalized spacial score (nSPS) is 15.8. The van der Waals surface area contributed by atoms with Crippen LogP contribution in [0.2, 0.25) is 0 Å².